The Hall–Kier alpha value is -1.32. The summed E-state index contributed by atoms with van der Waals surface area (Å²) in [6, 6.07) is 7.47. The molecule has 6 heteroatoms. The summed E-state index contributed by atoms with van der Waals surface area (Å²) < 4.78 is 5.81. The first kappa shape index (κ1) is 32.7. The molecule has 1 aromatic rings. The number of hydrogen-bond acceptors (Lipinski definition) is 4. The van der Waals surface area contributed by atoms with Gasteiger partial charge >= 0.3 is 190 Å². The Morgan fingerprint density at radius 3 is 1.81 bits per heavy atom. The maximum absolute atomic E-state index is 12.4. The molecule has 1 amide bonds. The molecule has 0 saturated carbocycles. The van der Waals surface area contributed by atoms with E-state index in [1.165, 1.54) is 108 Å². The number of para-hydroxylation sites is 1. The summed E-state index contributed by atoms with van der Waals surface area (Å²) in [6.45, 7) is 2.28. The molecule has 1 aromatic carbocycles. The number of benzene rings is 1. The van der Waals surface area contributed by atoms with E-state index in [0.717, 1.165) is 10.8 Å². The zero-order valence-electron chi connectivity index (χ0n) is 23.4. The third-order valence-electron chi connectivity index (χ3n) is 6.46. The molecule has 0 aromatic heterocycles. The Kier molecular flexibility index (Phi) is 20.8. The fourth-order valence-corrected chi connectivity index (χ4v) is 6.47. The van der Waals surface area contributed by atoms with E-state index >= 15 is 0 Å². The van der Waals surface area contributed by atoms with Crippen molar-refractivity contribution in [2.75, 3.05) is 14.1 Å². The van der Waals surface area contributed by atoms with Crippen LogP contribution in [0.2, 0.25) is 5.21 Å². The van der Waals surface area contributed by atoms with Crippen LogP contribution < -0.4 is 10.2 Å². The topological polar surface area (TPSA) is 58.6 Å². The first-order valence-corrected chi connectivity index (χ1v) is 17.1. The van der Waals surface area contributed by atoms with Gasteiger partial charge < -0.3 is 0 Å². The van der Waals surface area contributed by atoms with Crippen molar-refractivity contribution in [1.29, 1.82) is 0 Å². The zero-order valence-corrected chi connectivity index (χ0v) is 25.5. The van der Waals surface area contributed by atoms with Gasteiger partial charge in [0.2, 0.25) is 0 Å². The summed E-state index contributed by atoms with van der Waals surface area (Å²) in [5.41, 5.74) is 3.48. The van der Waals surface area contributed by atoms with Gasteiger partial charge in [-0.2, -0.15) is 0 Å². The molecule has 1 N–H and O–H groups in total. The summed E-state index contributed by atoms with van der Waals surface area (Å²) in [5.74, 6) is 0.530. The van der Waals surface area contributed by atoms with E-state index in [1.54, 1.807) is 20.2 Å². The molecule has 0 aliphatic rings. The predicted octanol–water partition coefficient (Wildman–Crippen LogP) is 7.83. The molecule has 1 rings (SSSR count). The van der Waals surface area contributed by atoms with E-state index in [-0.39, 0.29) is 0 Å². The fourth-order valence-electron chi connectivity index (χ4n) is 4.35. The molecule has 0 saturated heterocycles. The summed E-state index contributed by atoms with van der Waals surface area (Å²) in [7, 11) is 3.46. The van der Waals surface area contributed by atoms with Crippen LogP contribution >= 0.6 is 0 Å². The number of hydrazine groups is 1. The van der Waals surface area contributed by atoms with Crippen LogP contribution in [0.15, 0.2) is 24.3 Å². The first-order valence-electron chi connectivity index (χ1n) is 14.5. The van der Waals surface area contributed by atoms with Gasteiger partial charge in [0.05, 0.1) is 0 Å². The van der Waals surface area contributed by atoms with Crippen LogP contribution in [0.25, 0.3) is 0 Å². The molecule has 0 aliphatic heterocycles. The molecule has 0 heterocycles. The SMILES string of the molecule is CCCCCCCCCCCCCCCCCC[AsH]C(=O)CCc1ccccc1OC(=O)NN(C)C. The van der Waals surface area contributed by atoms with E-state index in [9.17, 15) is 9.59 Å². The summed E-state index contributed by atoms with van der Waals surface area (Å²) in [5, 5.41) is 2.65. The minimum atomic E-state index is -0.528. The van der Waals surface area contributed by atoms with Crippen LogP contribution in [0.3, 0.4) is 0 Å². The predicted molar refractivity (Wildman–Crippen MR) is 154 cm³/mol. The quantitative estimate of drug-likeness (QED) is 0.0836. The molecular weight excluding hydrogens is 511 g/mol. The molecule has 0 radical (unpaired) electrons. The van der Waals surface area contributed by atoms with Gasteiger partial charge in [0.15, 0.2) is 0 Å². The number of carbonyl (C=O) groups is 2. The van der Waals surface area contributed by atoms with Gasteiger partial charge in [0, 0.05) is 0 Å². The van der Waals surface area contributed by atoms with Crippen molar-refractivity contribution in [2.45, 2.75) is 128 Å². The molecule has 0 spiro atoms. The van der Waals surface area contributed by atoms with Crippen LogP contribution in [0, 0.1) is 0 Å². The number of ether oxygens (including phenoxy) is 1. The number of nitrogens with zero attached hydrogens (tertiary/aromatic N) is 1. The van der Waals surface area contributed by atoms with E-state index in [0.29, 0.717) is 23.2 Å². The number of nitrogens with one attached hydrogen (secondary N) is 1. The van der Waals surface area contributed by atoms with E-state index in [4.69, 9.17) is 4.74 Å². The fraction of sp³-hybridized carbons (Fsp3) is 0.733. The first-order chi connectivity index (χ1) is 17.5. The molecule has 0 bridgehead atoms. The second-order valence-corrected chi connectivity index (χ2v) is 13.1. The van der Waals surface area contributed by atoms with Gasteiger partial charge in [-0.1, -0.05) is 39.0 Å². The van der Waals surface area contributed by atoms with Crippen LogP contribution in [0.1, 0.15) is 122 Å². The average Bonchev–Trinajstić information content (AvgIpc) is 2.85. The monoisotopic (exact) mass is 564 g/mol. The van der Waals surface area contributed by atoms with Gasteiger partial charge in [-0.15, -0.1) is 0 Å². The number of rotatable bonds is 23. The molecule has 0 fully saturated rings. The molecule has 1 atom stereocenters. The molecule has 206 valence electrons. The van der Waals surface area contributed by atoms with Crippen LogP contribution in [-0.2, 0) is 11.2 Å². The second-order valence-electron chi connectivity index (χ2n) is 10.2. The number of hydrogen-bond donors (Lipinski definition) is 1. The van der Waals surface area contributed by atoms with Crippen LogP contribution in [-0.4, -0.2) is 45.5 Å². The Bertz CT molecular complexity index is 697. The molecule has 0 aliphatic carbocycles. The van der Waals surface area contributed by atoms with Crippen molar-refractivity contribution in [2.24, 2.45) is 0 Å². The van der Waals surface area contributed by atoms with Crippen LogP contribution in [0.5, 0.6) is 5.75 Å². The van der Waals surface area contributed by atoms with Gasteiger partial charge in [0.1, 0.15) is 0 Å². The molecular formula is C30H53AsN2O3. The minimum absolute atomic E-state index is 0.420. The third-order valence-corrected chi connectivity index (χ3v) is 9.08. The van der Waals surface area contributed by atoms with Gasteiger partial charge in [0.25, 0.3) is 0 Å². The normalized spacial score (nSPS) is 11.4. The van der Waals surface area contributed by atoms with Gasteiger partial charge in [-0.25, -0.2) is 0 Å². The number of carbonyl (C=O) groups excluding carboxylic acids is 2. The maximum atomic E-state index is 12.4. The van der Waals surface area contributed by atoms with E-state index < -0.39 is 21.8 Å². The average molecular weight is 565 g/mol. The third kappa shape index (κ3) is 18.9. The number of amides is 1. The molecule has 36 heavy (non-hydrogen) atoms. The zero-order chi connectivity index (χ0) is 26.3. The Balaban J connectivity index is 1.96. The second kappa shape index (κ2) is 22.8. The van der Waals surface area contributed by atoms with Crippen molar-refractivity contribution < 1.29 is 14.3 Å². The van der Waals surface area contributed by atoms with Crippen LogP contribution in [0.4, 0.5) is 4.79 Å². The molecule has 5 nitrogen and oxygen atoms in total. The van der Waals surface area contributed by atoms with Gasteiger partial charge in [-0.3, -0.25) is 0 Å². The standard InChI is InChI=1S/C30H53AsN2O3/c1-4-5-6-7-8-9-10-11-12-13-14-15-16-17-18-21-26-31-29(34)25-24-27-22-19-20-23-28(27)36-30(35)32-33(2)3/h19-20,22-23,31H,4-18,21,24-26H2,1-3H3,(H,32,35). The number of aryl methyl sites for hydroxylation is 1. The van der Waals surface area contributed by atoms with Crippen molar-refractivity contribution in [1.82, 2.24) is 10.4 Å². The summed E-state index contributed by atoms with van der Waals surface area (Å²) in [6.07, 6.45) is 22.8. The summed E-state index contributed by atoms with van der Waals surface area (Å²) in [4.78, 5) is 24.2. The van der Waals surface area contributed by atoms with Crippen molar-refractivity contribution in [3.05, 3.63) is 29.8 Å². The van der Waals surface area contributed by atoms with Crippen molar-refractivity contribution >= 4 is 26.4 Å². The Labute approximate surface area is 228 Å². The van der Waals surface area contributed by atoms with Gasteiger partial charge in [-0.05, 0) is 0 Å². The molecule has 1 unspecified atom stereocenters. The van der Waals surface area contributed by atoms with Crippen molar-refractivity contribution in [3.8, 4) is 5.75 Å². The van der Waals surface area contributed by atoms with E-state index in [1.807, 2.05) is 18.2 Å². The summed E-state index contributed by atoms with van der Waals surface area (Å²) >= 11 is -0.528. The Morgan fingerprint density at radius 2 is 1.28 bits per heavy atom. The van der Waals surface area contributed by atoms with E-state index in [2.05, 4.69) is 12.3 Å². The number of unbranched alkanes of at least 4 members (excludes halogenated alkanes) is 15. The van der Waals surface area contributed by atoms with Crippen molar-refractivity contribution in [3.63, 3.8) is 0 Å². The Morgan fingerprint density at radius 1 is 0.778 bits per heavy atom.